The Labute approximate surface area is 176 Å². The summed E-state index contributed by atoms with van der Waals surface area (Å²) in [6.07, 6.45) is 4.36. The zero-order chi connectivity index (χ0) is 21.2. The molecule has 0 aliphatic carbocycles. The maximum atomic E-state index is 13.4. The number of anilines is 2. The van der Waals surface area contributed by atoms with E-state index in [4.69, 9.17) is 9.94 Å². The molecule has 2 N–H and O–H groups in total. The number of nitrogens with one attached hydrogen (secondary N) is 1. The minimum Gasteiger partial charge on any atom is -0.381 e. The molecule has 11 heteroatoms. The van der Waals surface area contributed by atoms with Crippen LogP contribution in [0.1, 0.15) is 25.7 Å². The van der Waals surface area contributed by atoms with Gasteiger partial charge >= 0.3 is 0 Å². The number of hydrogen-bond donors (Lipinski definition) is 2. The van der Waals surface area contributed by atoms with E-state index in [1.165, 1.54) is 17.1 Å². The van der Waals surface area contributed by atoms with Crippen molar-refractivity contribution in [2.45, 2.75) is 30.4 Å². The van der Waals surface area contributed by atoms with Crippen LogP contribution in [0.5, 0.6) is 0 Å². The number of aromatic nitrogens is 1. The van der Waals surface area contributed by atoms with Gasteiger partial charge in [0.25, 0.3) is 5.91 Å². The minimum absolute atomic E-state index is 0.0292. The van der Waals surface area contributed by atoms with Crippen LogP contribution in [0.15, 0.2) is 18.3 Å². The van der Waals surface area contributed by atoms with Crippen molar-refractivity contribution in [3.8, 4) is 0 Å². The van der Waals surface area contributed by atoms with Gasteiger partial charge in [0.2, 0.25) is 10.0 Å². The second-order valence-corrected chi connectivity index (χ2v) is 10.3. The normalized spacial score (nSPS) is 22.8. The number of nitrogens with zero attached hydrogens (tertiary/aromatic N) is 4. The molecule has 0 unspecified atom stereocenters. The number of hydroxylamine groups is 1. The van der Waals surface area contributed by atoms with Crippen molar-refractivity contribution >= 4 is 27.4 Å². The maximum Gasteiger partial charge on any atom is 0.266 e. The van der Waals surface area contributed by atoms with Crippen molar-refractivity contribution in [2.75, 3.05) is 62.3 Å². The van der Waals surface area contributed by atoms with Crippen LogP contribution in [-0.2, 0) is 19.6 Å². The van der Waals surface area contributed by atoms with Crippen LogP contribution in [0.2, 0.25) is 0 Å². The lowest BCUT2D eigenvalue weighted by molar-refractivity contribution is -0.134. The zero-order valence-electron chi connectivity index (χ0n) is 17.0. The quantitative estimate of drug-likeness (QED) is 0.494. The predicted octanol–water partition coefficient (Wildman–Crippen LogP) is 0.188. The molecule has 1 aromatic heterocycles. The average molecular weight is 440 g/mol. The molecule has 30 heavy (non-hydrogen) atoms. The minimum atomic E-state index is -3.95. The molecule has 3 aliphatic rings. The standard InChI is InChI=1S/C19H29N5O5S/c25-18(21-26)19(5-13-29-14-6-19)30(27,28)24-11-9-23(10-12-24)17-4-3-16(15-20-17)22-7-1-2-8-22/h3-4,15,26H,1-2,5-14H2,(H,21,25). The molecule has 1 amide bonds. The van der Waals surface area contributed by atoms with Gasteiger partial charge in [0, 0.05) is 65.3 Å². The molecule has 4 rings (SSSR count). The van der Waals surface area contributed by atoms with Crippen molar-refractivity contribution in [3.05, 3.63) is 18.3 Å². The van der Waals surface area contributed by atoms with Crippen molar-refractivity contribution in [1.82, 2.24) is 14.8 Å². The first kappa shape index (κ1) is 21.3. The Hall–Kier alpha value is -1.95. The molecule has 0 aromatic carbocycles. The van der Waals surface area contributed by atoms with Crippen LogP contribution in [0.4, 0.5) is 11.5 Å². The monoisotopic (exact) mass is 439 g/mol. The molecule has 0 spiro atoms. The molecule has 0 bridgehead atoms. The third kappa shape index (κ3) is 3.75. The summed E-state index contributed by atoms with van der Waals surface area (Å²) in [6.45, 7) is 3.96. The number of sulfonamides is 1. The van der Waals surface area contributed by atoms with Gasteiger partial charge in [0.05, 0.1) is 11.9 Å². The van der Waals surface area contributed by atoms with Crippen molar-refractivity contribution in [3.63, 3.8) is 0 Å². The smallest absolute Gasteiger partial charge is 0.266 e. The van der Waals surface area contributed by atoms with Crippen molar-refractivity contribution in [1.29, 1.82) is 0 Å². The summed E-state index contributed by atoms with van der Waals surface area (Å²) in [7, 11) is -3.95. The molecule has 4 heterocycles. The highest BCUT2D eigenvalue weighted by Gasteiger charge is 2.54. The van der Waals surface area contributed by atoms with Crippen LogP contribution in [0, 0.1) is 0 Å². The first-order chi connectivity index (χ1) is 14.5. The molecule has 166 valence electrons. The number of piperazine rings is 1. The first-order valence-corrected chi connectivity index (χ1v) is 11.9. The van der Waals surface area contributed by atoms with Crippen LogP contribution in [0.3, 0.4) is 0 Å². The number of hydrogen-bond acceptors (Lipinski definition) is 8. The summed E-state index contributed by atoms with van der Waals surface area (Å²) in [6, 6.07) is 4.05. The lowest BCUT2D eigenvalue weighted by Crippen LogP contribution is -2.62. The van der Waals surface area contributed by atoms with E-state index in [1.54, 1.807) is 5.48 Å². The van der Waals surface area contributed by atoms with Gasteiger partial charge in [-0.1, -0.05) is 0 Å². The Morgan fingerprint density at radius 1 is 1.03 bits per heavy atom. The molecule has 10 nitrogen and oxygen atoms in total. The molecule has 0 saturated carbocycles. The van der Waals surface area contributed by atoms with E-state index < -0.39 is 20.7 Å². The summed E-state index contributed by atoms with van der Waals surface area (Å²) >= 11 is 0. The Kier molecular flexibility index (Phi) is 6.14. The van der Waals surface area contributed by atoms with Crippen LogP contribution in [0.25, 0.3) is 0 Å². The Morgan fingerprint density at radius 3 is 2.27 bits per heavy atom. The highest BCUT2D eigenvalue weighted by atomic mass is 32.2. The average Bonchev–Trinajstić information content (AvgIpc) is 3.34. The van der Waals surface area contributed by atoms with Gasteiger partial charge in [0.1, 0.15) is 5.82 Å². The number of carbonyl (C=O) groups is 1. The van der Waals surface area contributed by atoms with Gasteiger partial charge in [-0.25, -0.2) is 18.9 Å². The number of ether oxygens (including phenoxy) is 1. The Balaban J connectivity index is 1.43. The van der Waals surface area contributed by atoms with Gasteiger partial charge in [-0.15, -0.1) is 0 Å². The number of amides is 1. The van der Waals surface area contributed by atoms with E-state index >= 15 is 0 Å². The molecule has 3 saturated heterocycles. The molecular formula is C19H29N5O5S. The highest BCUT2D eigenvalue weighted by Crippen LogP contribution is 2.33. The Bertz CT molecular complexity index is 843. The molecule has 0 radical (unpaired) electrons. The predicted molar refractivity (Wildman–Crippen MR) is 111 cm³/mol. The van der Waals surface area contributed by atoms with Crippen LogP contribution < -0.4 is 15.3 Å². The van der Waals surface area contributed by atoms with Gasteiger partial charge in [-0.05, 0) is 25.0 Å². The summed E-state index contributed by atoms with van der Waals surface area (Å²) in [4.78, 5) is 21.3. The summed E-state index contributed by atoms with van der Waals surface area (Å²) in [5.41, 5.74) is 2.68. The van der Waals surface area contributed by atoms with Gasteiger partial charge in [0.15, 0.2) is 4.75 Å². The molecule has 3 fully saturated rings. The molecule has 3 aliphatic heterocycles. The van der Waals surface area contributed by atoms with Crippen LogP contribution >= 0.6 is 0 Å². The zero-order valence-corrected chi connectivity index (χ0v) is 17.8. The maximum absolute atomic E-state index is 13.4. The number of rotatable bonds is 5. The fraction of sp³-hybridized carbons (Fsp3) is 0.684. The third-order valence-corrected chi connectivity index (χ3v) is 9.04. The summed E-state index contributed by atoms with van der Waals surface area (Å²) in [5, 5.41) is 9.16. The van der Waals surface area contributed by atoms with E-state index in [0.717, 1.165) is 24.6 Å². The molecule has 1 aromatic rings. The molecular weight excluding hydrogens is 410 g/mol. The Morgan fingerprint density at radius 2 is 1.70 bits per heavy atom. The second kappa shape index (κ2) is 8.66. The largest absolute Gasteiger partial charge is 0.381 e. The number of pyridine rings is 1. The fourth-order valence-corrected chi connectivity index (χ4v) is 6.64. The van der Waals surface area contributed by atoms with Crippen LogP contribution in [-0.4, -0.2) is 86.1 Å². The fourth-order valence-electron chi connectivity index (χ4n) is 4.54. The lowest BCUT2D eigenvalue weighted by Gasteiger charge is -2.41. The molecule has 0 atom stereocenters. The SMILES string of the molecule is O=C(NO)C1(S(=O)(=O)N2CCN(c3ccc(N4CCCC4)cn3)CC2)CCOCC1. The first-order valence-electron chi connectivity index (χ1n) is 10.5. The highest BCUT2D eigenvalue weighted by molar-refractivity contribution is 7.91. The topological polar surface area (TPSA) is 115 Å². The van der Waals surface area contributed by atoms with E-state index in [-0.39, 0.29) is 39.1 Å². The van der Waals surface area contributed by atoms with Crippen molar-refractivity contribution in [2.24, 2.45) is 0 Å². The summed E-state index contributed by atoms with van der Waals surface area (Å²) < 4.78 is 31.7. The van der Waals surface area contributed by atoms with Crippen molar-refractivity contribution < 1.29 is 23.2 Å². The lowest BCUT2D eigenvalue weighted by atomic mass is 9.98. The van der Waals surface area contributed by atoms with E-state index in [0.29, 0.717) is 13.1 Å². The van der Waals surface area contributed by atoms with E-state index in [2.05, 4.69) is 20.9 Å². The van der Waals surface area contributed by atoms with E-state index in [1.807, 2.05) is 12.3 Å². The van der Waals surface area contributed by atoms with Gasteiger partial charge in [-0.2, -0.15) is 4.31 Å². The van der Waals surface area contributed by atoms with Gasteiger partial charge in [-0.3, -0.25) is 10.0 Å². The van der Waals surface area contributed by atoms with Gasteiger partial charge < -0.3 is 14.5 Å². The third-order valence-electron chi connectivity index (χ3n) is 6.42. The van der Waals surface area contributed by atoms with E-state index in [9.17, 15) is 13.2 Å². The number of carbonyl (C=O) groups excluding carboxylic acids is 1. The summed E-state index contributed by atoms with van der Waals surface area (Å²) in [5.74, 6) is -0.0590. The second-order valence-electron chi connectivity index (χ2n) is 8.01.